The van der Waals surface area contributed by atoms with Gasteiger partial charge in [-0.1, -0.05) is 30.3 Å². The molecule has 1 heterocycles. The van der Waals surface area contributed by atoms with E-state index < -0.39 is 0 Å². The van der Waals surface area contributed by atoms with Gasteiger partial charge in [-0.3, -0.25) is 0 Å². The van der Waals surface area contributed by atoms with Gasteiger partial charge in [0.25, 0.3) is 0 Å². The maximum atomic E-state index is 3.17. The fourth-order valence-electron chi connectivity index (χ4n) is 1.49. The van der Waals surface area contributed by atoms with Crippen molar-refractivity contribution in [3.05, 3.63) is 48.7 Å². The highest BCUT2D eigenvalue weighted by molar-refractivity contribution is 5.59. The average Bonchev–Trinajstić information content (AvgIpc) is 2.67. The van der Waals surface area contributed by atoms with Crippen molar-refractivity contribution in [3.8, 4) is 11.3 Å². The molecule has 1 aromatic carbocycles. The number of nitrogens with zero attached hydrogens (tertiary/aromatic N) is 1. The molecular formula is C12H12N. The van der Waals surface area contributed by atoms with E-state index in [2.05, 4.69) is 48.0 Å². The maximum absolute atomic E-state index is 3.17. The summed E-state index contributed by atoms with van der Waals surface area (Å²) < 4.78 is 2.12. The van der Waals surface area contributed by atoms with Gasteiger partial charge in [0, 0.05) is 12.2 Å². The number of hydrogen-bond donors (Lipinski definition) is 0. The molecule has 1 aromatic heterocycles. The van der Waals surface area contributed by atoms with Gasteiger partial charge in [-0.25, -0.2) is 0 Å². The first-order valence-electron chi connectivity index (χ1n) is 4.54. The lowest BCUT2D eigenvalue weighted by Crippen LogP contribution is -1.94. The van der Waals surface area contributed by atoms with E-state index in [1.807, 2.05) is 12.1 Å². The highest BCUT2D eigenvalue weighted by Gasteiger charge is 2.00. The lowest BCUT2D eigenvalue weighted by atomic mass is 10.1. The van der Waals surface area contributed by atoms with Crippen LogP contribution in [0.4, 0.5) is 0 Å². The molecule has 13 heavy (non-hydrogen) atoms. The Hall–Kier alpha value is -1.50. The van der Waals surface area contributed by atoms with Crippen molar-refractivity contribution in [3.63, 3.8) is 0 Å². The third-order valence-corrected chi connectivity index (χ3v) is 2.15. The summed E-state index contributed by atoms with van der Waals surface area (Å²) in [5.41, 5.74) is 2.49. The largest absolute Gasteiger partial charge is 0.340 e. The van der Waals surface area contributed by atoms with E-state index in [1.54, 1.807) is 0 Å². The van der Waals surface area contributed by atoms with Crippen LogP contribution in [0.3, 0.4) is 0 Å². The van der Waals surface area contributed by atoms with Gasteiger partial charge in [0.2, 0.25) is 0 Å². The first-order valence-corrected chi connectivity index (χ1v) is 4.54. The minimum atomic E-state index is 0.969. The van der Waals surface area contributed by atoms with Gasteiger partial charge in [0.05, 0.1) is 6.20 Å². The van der Waals surface area contributed by atoms with Crippen LogP contribution in [0.15, 0.2) is 42.5 Å². The van der Waals surface area contributed by atoms with Crippen molar-refractivity contribution in [2.75, 3.05) is 0 Å². The Kier molecular flexibility index (Phi) is 2.17. The van der Waals surface area contributed by atoms with Gasteiger partial charge < -0.3 is 4.57 Å². The normalized spacial score (nSPS) is 10.2. The number of aryl methyl sites for hydroxylation is 1. The fraction of sp³-hybridized carbons (Fsp3) is 0.167. The number of rotatable bonds is 2. The molecule has 2 aromatic rings. The van der Waals surface area contributed by atoms with Crippen LogP contribution in [0.2, 0.25) is 0 Å². The summed E-state index contributed by atoms with van der Waals surface area (Å²) in [7, 11) is 0. The Morgan fingerprint density at radius 2 is 1.92 bits per heavy atom. The molecule has 0 spiro atoms. The lowest BCUT2D eigenvalue weighted by Gasteiger charge is -2.04. The molecule has 0 amide bonds. The predicted octanol–water partition coefficient (Wildman–Crippen LogP) is 2.98. The quantitative estimate of drug-likeness (QED) is 0.653. The third kappa shape index (κ3) is 1.50. The van der Waals surface area contributed by atoms with E-state index in [0.29, 0.717) is 0 Å². The van der Waals surface area contributed by atoms with Crippen molar-refractivity contribution >= 4 is 0 Å². The number of hydrogen-bond acceptors (Lipinski definition) is 0. The van der Waals surface area contributed by atoms with Gasteiger partial charge >= 0.3 is 0 Å². The second-order valence-electron chi connectivity index (χ2n) is 2.96. The molecule has 0 aliphatic carbocycles. The fourth-order valence-corrected chi connectivity index (χ4v) is 1.49. The van der Waals surface area contributed by atoms with E-state index in [9.17, 15) is 0 Å². The molecule has 0 aliphatic rings. The molecule has 0 saturated heterocycles. The SMILES string of the molecule is CCn1[c]ccc1-c1ccccc1. The second-order valence-corrected chi connectivity index (χ2v) is 2.96. The zero-order valence-corrected chi connectivity index (χ0v) is 7.70. The van der Waals surface area contributed by atoms with Gasteiger partial charge in [0.1, 0.15) is 0 Å². The summed E-state index contributed by atoms with van der Waals surface area (Å²) in [6, 6.07) is 14.5. The standard InChI is InChI=1S/C12H12N/c1-2-13-10-6-9-12(13)11-7-4-3-5-8-11/h3-9H,2H2,1H3. The Balaban J connectivity index is 2.47. The summed E-state index contributed by atoms with van der Waals surface area (Å²) in [5.74, 6) is 0. The molecular weight excluding hydrogens is 158 g/mol. The van der Waals surface area contributed by atoms with Crippen LogP contribution < -0.4 is 0 Å². The summed E-state index contributed by atoms with van der Waals surface area (Å²) in [4.78, 5) is 0. The Morgan fingerprint density at radius 1 is 1.15 bits per heavy atom. The van der Waals surface area contributed by atoms with E-state index >= 15 is 0 Å². The van der Waals surface area contributed by atoms with Crippen LogP contribution in [0, 0.1) is 6.20 Å². The molecule has 65 valence electrons. The highest BCUT2D eigenvalue weighted by Crippen LogP contribution is 2.18. The van der Waals surface area contributed by atoms with Crippen LogP contribution in [0.1, 0.15) is 6.92 Å². The maximum Gasteiger partial charge on any atom is 0.0652 e. The zero-order valence-electron chi connectivity index (χ0n) is 7.70. The number of benzene rings is 1. The molecule has 0 aliphatic heterocycles. The van der Waals surface area contributed by atoms with Crippen LogP contribution in [-0.4, -0.2) is 4.57 Å². The van der Waals surface area contributed by atoms with Gasteiger partial charge in [0.15, 0.2) is 0 Å². The number of aromatic nitrogens is 1. The lowest BCUT2D eigenvalue weighted by molar-refractivity contribution is 0.771. The van der Waals surface area contributed by atoms with E-state index in [-0.39, 0.29) is 0 Å². The second kappa shape index (κ2) is 3.48. The summed E-state index contributed by atoms with van der Waals surface area (Å²) in [5, 5.41) is 0. The minimum Gasteiger partial charge on any atom is -0.340 e. The van der Waals surface area contributed by atoms with Crippen LogP contribution >= 0.6 is 0 Å². The van der Waals surface area contributed by atoms with Crippen LogP contribution in [0.25, 0.3) is 11.3 Å². The summed E-state index contributed by atoms with van der Waals surface area (Å²) >= 11 is 0. The van der Waals surface area contributed by atoms with Crippen molar-refractivity contribution in [1.82, 2.24) is 4.57 Å². The first kappa shape index (κ1) is 8.11. The molecule has 0 saturated carbocycles. The Labute approximate surface area is 78.6 Å². The molecule has 0 unspecified atom stereocenters. The van der Waals surface area contributed by atoms with Crippen molar-refractivity contribution in [2.24, 2.45) is 0 Å². The van der Waals surface area contributed by atoms with Gasteiger partial charge in [-0.05, 0) is 24.6 Å². The molecule has 1 radical (unpaired) electrons. The van der Waals surface area contributed by atoms with Crippen LogP contribution in [-0.2, 0) is 6.54 Å². The molecule has 0 fully saturated rings. The zero-order chi connectivity index (χ0) is 9.10. The topological polar surface area (TPSA) is 4.93 Å². The first-order chi connectivity index (χ1) is 6.42. The minimum absolute atomic E-state index is 0.969. The summed E-state index contributed by atoms with van der Waals surface area (Å²) in [6.45, 7) is 3.10. The van der Waals surface area contributed by atoms with E-state index in [0.717, 1.165) is 6.54 Å². The van der Waals surface area contributed by atoms with Gasteiger partial charge in [-0.15, -0.1) is 0 Å². The smallest absolute Gasteiger partial charge is 0.0652 e. The van der Waals surface area contributed by atoms with E-state index in [4.69, 9.17) is 0 Å². The van der Waals surface area contributed by atoms with Crippen molar-refractivity contribution < 1.29 is 0 Å². The average molecular weight is 170 g/mol. The molecule has 1 nitrogen and oxygen atoms in total. The molecule has 1 heteroatoms. The third-order valence-electron chi connectivity index (χ3n) is 2.15. The van der Waals surface area contributed by atoms with Crippen molar-refractivity contribution in [2.45, 2.75) is 13.5 Å². The molecule has 2 rings (SSSR count). The predicted molar refractivity (Wildman–Crippen MR) is 54.4 cm³/mol. The highest BCUT2D eigenvalue weighted by atomic mass is 15.0. The van der Waals surface area contributed by atoms with Gasteiger partial charge in [-0.2, -0.15) is 0 Å². The molecule has 0 atom stereocenters. The summed E-state index contributed by atoms with van der Waals surface area (Å²) in [6.07, 6.45) is 3.17. The van der Waals surface area contributed by atoms with Crippen LogP contribution in [0.5, 0.6) is 0 Å². The monoisotopic (exact) mass is 170 g/mol. The molecule has 0 bridgehead atoms. The molecule has 0 N–H and O–H groups in total. The van der Waals surface area contributed by atoms with Crippen molar-refractivity contribution in [1.29, 1.82) is 0 Å². The Bertz CT molecular complexity index is 373. The van der Waals surface area contributed by atoms with E-state index in [1.165, 1.54) is 11.3 Å². The Morgan fingerprint density at radius 3 is 2.62 bits per heavy atom.